The Kier molecular flexibility index (Phi) is 3.53. The van der Waals surface area contributed by atoms with Crippen LogP contribution in [-0.2, 0) is 4.79 Å². The minimum atomic E-state index is -0.256. The number of likely N-dealkylation sites (tertiary alicyclic amines) is 1. The van der Waals surface area contributed by atoms with Gasteiger partial charge < -0.3 is 10.6 Å². The van der Waals surface area contributed by atoms with Crippen molar-refractivity contribution in [1.29, 1.82) is 0 Å². The van der Waals surface area contributed by atoms with E-state index in [-0.39, 0.29) is 11.9 Å². The molecule has 1 heterocycles. The van der Waals surface area contributed by atoms with E-state index in [2.05, 4.69) is 6.92 Å². The number of hydrogen-bond acceptors (Lipinski definition) is 2. The van der Waals surface area contributed by atoms with Gasteiger partial charge in [0.25, 0.3) is 0 Å². The topological polar surface area (TPSA) is 46.3 Å². The lowest BCUT2D eigenvalue weighted by Gasteiger charge is -2.19. The summed E-state index contributed by atoms with van der Waals surface area (Å²) >= 11 is 0. The first kappa shape index (κ1) is 9.52. The molecule has 1 aliphatic rings. The van der Waals surface area contributed by atoms with E-state index in [9.17, 15) is 4.79 Å². The van der Waals surface area contributed by atoms with Crippen LogP contribution in [0.3, 0.4) is 0 Å². The molecule has 3 nitrogen and oxygen atoms in total. The molecule has 3 heteroatoms. The van der Waals surface area contributed by atoms with Gasteiger partial charge >= 0.3 is 0 Å². The van der Waals surface area contributed by atoms with E-state index >= 15 is 0 Å². The Bertz CT molecular complexity index is 153. The first-order valence-electron chi connectivity index (χ1n) is 4.80. The fraction of sp³-hybridized carbons (Fsp3) is 0.889. The monoisotopic (exact) mass is 170 g/mol. The summed E-state index contributed by atoms with van der Waals surface area (Å²) in [5.41, 5.74) is 5.72. The van der Waals surface area contributed by atoms with Crippen molar-refractivity contribution >= 4 is 5.91 Å². The lowest BCUT2D eigenvalue weighted by molar-refractivity contribution is -0.131. The van der Waals surface area contributed by atoms with Crippen LogP contribution in [0.5, 0.6) is 0 Å². The van der Waals surface area contributed by atoms with E-state index < -0.39 is 0 Å². The van der Waals surface area contributed by atoms with E-state index in [1.165, 1.54) is 0 Å². The Morgan fingerprint density at radius 3 is 2.58 bits per heavy atom. The molecule has 2 N–H and O–H groups in total. The molecule has 0 aromatic rings. The van der Waals surface area contributed by atoms with E-state index in [4.69, 9.17) is 5.73 Å². The van der Waals surface area contributed by atoms with Gasteiger partial charge in [-0.15, -0.1) is 0 Å². The van der Waals surface area contributed by atoms with Crippen molar-refractivity contribution in [3.05, 3.63) is 0 Å². The fourth-order valence-corrected chi connectivity index (χ4v) is 1.61. The van der Waals surface area contributed by atoms with Crippen molar-refractivity contribution in [3.63, 3.8) is 0 Å². The third-order valence-corrected chi connectivity index (χ3v) is 2.33. The summed E-state index contributed by atoms with van der Waals surface area (Å²) < 4.78 is 0. The Morgan fingerprint density at radius 1 is 1.50 bits per heavy atom. The summed E-state index contributed by atoms with van der Waals surface area (Å²) in [5.74, 6) is 0.148. The maximum absolute atomic E-state index is 11.5. The number of rotatable bonds is 3. The van der Waals surface area contributed by atoms with Crippen molar-refractivity contribution in [2.75, 3.05) is 13.1 Å². The van der Waals surface area contributed by atoms with Gasteiger partial charge in [0.15, 0.2) is 0 Å². The summed E-state index contributed by atoms with van der Waals surface area (Å²) in [7, 11) is 0. The summed E-state index contributed by atoms with van der Waals surface area (Å²) in [4.78, 5) is 13.4. The molecular weight excluding hydrogens is 152 g/mol. The molecule has 1 saturated heterocycles. The van der Waals surface area contributed by atoms with Crippen molar-refractivity contribution in [1.82, 2.24) is 4.90 Å². The first-order valence-corrected chi connectivity index (χ1v) is 4.80. The molecule has 1 fully saturated rings. The first-order chi connectivity index (χ1) is 5.75. The molecular formula is C9H18N2O. The van der Waals surface area contributed by atoms with Crippen LogP contribution >= 0.6 is 0 Å². The molecule has 0 aromatic heterocycles. The SMILES string of the molecule is CCC[C@H](N)C(=O)N1CCCC1. The molecule has 0 unspecified atom stereocenters. The van der Waals surface area contributed by atoms with Crippen LogP contribution in [0, 0.1) is 0 Å². The van der Waals surface area contributed by atoms with Crippen molar-refractivity contribution in [3.8, 4) is 0 Å². The molecule has 1 atom stereocenters. The van der Waals surface area contributed by atoms with Crippen LogP contribution < -0.4 is 5.73 Å². The number of nitrogens with two attached hydrogens (primary N) is 1. The van der Waals surface area contributed by atoms with Gasteiger partial charge in [-0.05, 0) is 19.3 Å². The molecule has 0 aliphatic carbocycles. The zero-order chi connectivity index (χ0) is 8.97. The Morgan fingerprint density at radius 2 is 2.08 bits per heavy atom. The van der Waals surface area contributed by atoms with Gasteiger partial charge in [-0.25, -0.2) is 0 Å². The van der Waals surface area contributed by atoms with Gasteiger partial charge in [-0.2, -0.15) is 0 Å². The van der Waals surface area contributed by atoms with Gasteiger partial charge in [0, 0.05) is 13.1 Å². The minimum absolute atomic E-state index is 0.148. The molecule has 0 radical (unpaired) electrons. The molecule has 0 aromatic carbocycles. The third-order valence-electron chi connectivity index (χ3n) is 2.33. The normalized spacial score (nSPS) is 19.7. The van der Waals surface area contributed by atoms with Crippen LogP contribution in [0.15, 0.2) is 0 Å². The molecule has 70 valence electrons. The predicted octanol–water partition coefficient (Wildman–Crippen LogP) is 0.736. The molecule has 1 rings (SSSR count). The molecule has 12 heavy (non-hydrogen) atoms. The molecule has 0 bridgehead atoms. The zero-order valence-corrected chi connectivity index (χ0v) is 7.75. The van der Waals surface area contributed by atoms with Crippen LogP contribution in [0.25, 0.3) is 0 Å². The van der Waals surface area contributed by atoms with Crippen molar-refractivity contribution < 1.29 is 4.79 Å². The maximum atomic E-state index is 11.5. The minimum Gasteiger partial charge on any atom is -0.341 e. The summed E-state index contributed by atoms with van der Waals surface area (Å²) in [5, 5.41) is 0. The predicted molar refractivity (Wildman–Crippen MR) is 48.7 cm³/mol. The van der Waals surface area contributed by atoms with E-state index in [1.54, 1.807) is 0 Å². The largest absolute Gasteiger partial charge is 0.341 e. The van der Waals surface area contributed by atoms with Crippen LogP contribution in [0.4, 0.5) is 0 Å². The lowest BCUT2D eigenvalue weighted by Crippen LogP contribution is -2.42. The number of amides is 1. The van der Waals surface area contributed by atoms with Gasteiger partial charge in [-0.1, -0.05) is 13.3 Å². The molecule has 1 amide bonds. The Balaban J connectivity index is 2.34. The Hall–Kier alpha value is -0.570. The molecule has 0 spiro atoms. The van der Waals surface area contributed by atoms with Gasteiger partial charge in [0.2, 0.25) is 5.91 Å². The van der Waals surface area contributed by atoms with Gasteiger partial charge in [-0.3, -0.25) is 4.79 Å². The second kappa shape index (κ2) is 4.45. The van der Waals surface area contributed by atoms with Crippen molar-refractivity contribution in [2.24, 2.45) is 5.73 Å². The molecule has 0 saturated carbocycles. The van der Waals surface area contributed by atoms with E-state index in [0.29, 0.717) is 0 Å². The molecule has 1 aliphatic heterocycles. The van der Waals surface area contributed by atoms with E-state index in [1.807, 2.05) is 4.90 Å². The highest BCUT2D eigenvalue weighted by atomic mass is 16.2. The second-order valence-corrected chi connectivity index (χ2v) is 3.43. The summed E-state index contributed by atoms with van der Waals surface area (Å²) in [6.07, 6.45) is 4.09. The Labute approximate surface area is 73.9 Å². The van der Waals surface area contributed by atoms with Crippen LogP contribution in [-0.4, -0.2) is 29.9 Å². The smallest absolute Gasteiger partial charge is 0.239 e. The zero-order valence-electron chi connectivity index (χ0n) is 7.75. The number of carbonyl (C=O) groups excluding carboxylic acids is 1. The van der Waals surface area contributed by atoms with Crippen molar-refractivity contribution in [2.45, 2.75) is 38.6 Å². The maximum Gasteiger partial charge on any atom is 0.239 e. The van der Waals surface area contributed by atoms with E-state index in [0.717, 1.165) is 38.8 Å². The number of hydrogen-bond donors (Lipinski definition) is 1. The highest BCUT2D eigenvalue weighted by molar-refractivity contribution is 5.81. The van der Waals surface area contributed by atoms with Crippen LogP contribution in [0.2, 0.25) is 0 Å². The van der Waals surface area contributed by atoms with Gasteiger partial charge in [0.1, 0.15) is 0 Å². The summed E-state index contributed by atoms with van der Waals surface area (Å²) in [6, 6.07) is -0.256. The second-order valence-electron chi connectivity index (χ2n) is 3.43. The average molecular weight is 170 g/mol. The quantitative estimate of drug-likeness (QED) is 0.679. The number of nitrogens with zero attached hydrogens (tertiary/aromatic N) is 1. The standard InChI is InChI=1S/C9H18N2O/c1-2-5-8(10)9(12)11-6-3-4-7-11/h8H,2-7,10H2,1H3/t8-/m0/s1. The third kappa shape index (κ3) is 2.21. The highest BCUT2D eigenvalue weighted by Gasteiger charge is 2.22. The number of carbonyl (C=O) groups is 1. The van der Waals surface area contributed by atoms with Crippen LogP contribution in [0.1, 0.15) is 32.6 Å². The fourth-order valence-electron chi connectivity index (χ4n) is 1.61. The summed E-state index contributed by atoms with van der Waals surface area (Å²) in [6.45, 7) is 3.88. The lowest BCUT2D eigenvalue weighted by atomic mass is 10.1. The van der Waals surface area contributed by atoms with Gasteiger partial charge in [0.05, 0.1) is 6.04 Å². The average Bonchev–Trinajstić information content (AvgIpc) is 2.55. The highest BCUT2D eigenvalue weighted by Crippen LogP contribution is 2.09.